The summed E-state index contributed by atoms with van der Waals surface area (Å²) in [5.41, 5.74) is 0.388. The van der Waals surface area contributed by atoms with Crippen molar-refractivity contribution in [2.45, 2.75) is 24.7 Å². The minimum absolute atomic E-state index is 0.243. The first kappa shape index (κ1) is 15.7. The van der Waals surface area contributed by atoms with Crippen molar-refractivity contribution in [1.29, 1.82) is 0 Å². The van der Waals surface area contributed by atoms with Crippen LogP contribution in [0.2, 0.25) is 0 Å². The van der Waals surface area contributed by atoms with Crippen LogP contribution in [-0.4, -0.2) is 43.4 Å². The third-order valence-electron chi connectivity index (χ3n) is 4.75. The molecule has 1 unspecified atom stereocenters. The first-order valence-corrected chi connectivity index (χ1v) is 8.45. The van der Waals surface area contributed by atoms with Crippen LogP contribution in [0.5, 0.6) is 0 Å². The molecule has 1 amide bonds. The summed E-state index contributed by atoms with van der Waals surface area (Å²) in [6.45, 7) is 1.94. The van der Waals surface area contributed by atoms with Gasteiger partial charge >= 0.3 is 0 Å². The van der Waals surface area contributed by atoms with Gasteiger partial charge in [-0.05, 0) is 37.0 Å². The fourth-order valence-electron chi connectivity index (χ4n) is 3.28. The average Bonchev–Trinajstić information content (AvgIpc) is 3.20. The minimum Gasteiger partial charge on any atom is -0.384 e. The highest BCUT2D eigenvalue weighted by Gasteiger charge is 2.54. The number of halogens is 1. The number of amides is 1. The summed E-state index contributed by atoms with van der Waals surface area (Å²) in [6.07, 6.45) is 2.46. The minimum atomic E-state index is -0.572. The molecule has 1 saturated heterocycles. The molecular weight excluding hydrogens is 346 g/mol. The number of likely N-dealkylation sites (tertiary alicyclic amines) is 1. The van der Waals surface area contributed by atoms with Gasteiger partial charge in [0.2, 0.25) is 5.78 Å². The van der Waals surface area contributed by atoms with Crippen LogP contribution in [0.4, 0.5) is 0 Å². The number of hydrogen-bond donors (Lipinski definition) is 0. The van der Waals surface area contributed by atoms with Gasteiger partial charge in [0, 0.05) is 30.6 Å². The van der Waals surface area contributed by atoms with Gasteiger partial charge < -0.3 is 9.64 Å². The van der Waals surface area contributed by atoms with E-state index in [1.165, 1.54) is 0 Å². The van der Waals surface area contributed by atoms with Crippen LogP contribution in [0.3, 0.4) is 0 Å². The predicted octanol–water partition coefficient (Wildman–Crippen LogP) is 2.54. The van der Waals surface area contributed by atoms with Crippen molar-refractivity contribution in [3.05, 3.63) is 34.3 Å². The molecule has 1 aromatic carbocycles. The van der Waals surface area contributed by atoms with E-state index in [1.807, 2.05) is 24.3 Å². The Morgan fingerprint density at radius 2 is 2.00 bits per heavy atom. The normalized spacial score (nSPS) is 22.6. The first-order chi connectivity index (χ1) is 10.6. The van der Waals surface area contributed by atoms with Crippen molar-refractivity contribution >= 4 is 27.6 Å². The average molecular weight is 366 g/mol. The van der Waals surface area contributed by atoms with Crippen molar-refractivity contribution in [3.63, 3.8) is 0 Å². The second kappa shape index (κ2) is 6.13. The van der Waals surface area contributed by atoms with E-state index in [1.54, 1.807) is 12.0 Å². The van der Waals surface area contributed by atoms with Crippen molar-refractivity contribution in [1.82, 2.24) is 4.90 Å². The van der Waals surface area contributed by atoms with Gasteiger partial charge in [-0.15, -0.1) is 0 Å². The fraction of sp³-hybridized carbons (Fsp3) is 0.529. The zero-order chi connectivity index (χ0) is 15.7. The van der Waals surface area contributed by atoms with Gasteiger partial charge in [-0.1, -0.05) is 28.1 Å². The topological polar surface area (TPSA) is 46.6 Å². The summed E-state index contributed by atoms with van der Waals surface area (Å²) in [4.78, 5) is 27.0. The lowest BCUT2D eigenvalue weighted by Crippen LogP contribution is -2.40. The van der Waals surface area contributed by atoms with Crippen LogP contribution >= 0.6 is 15.9 Å². The standard InChI is InChI=1S/C17H20BrNO3/c1-22-11-12-6-9-19(10-12)16(21)15(20)17(7-8-17)13-2-4-14(18)5-3-13/h2-5,12H,6-11H2,1H3. The molecule has 0 N–H and O–H groups in total. The van der Waals surface area contributed by atoms with E-state index < -0.39 is 5.41 Å². The van der Waals surface area contributed by atoms with Crippen LogP contribution in [0.25, 0.3) is 0 Å². The number of carbonyl (C=O) groups excluding carboxylic acids is 2. The summed E-state index contributed by atoms with van der Waals surface area (Å²) in [5, 5.41) is 0. The Morgan fingerprint density at radius 1 is 1.32 bits per heavy atom. The molecule has 1 aliphatic carbocycles. The molecule has 118 valence electrons. The Morgan fingerprint density at radius 3 is 2.59 bits per heavy atom. The maximum Gasteiger partial charge on any atom is 0.290 e. The Bertz CT molecular complexity index is 580. The summed E-state index contributed by atoms with van der Waals surface area (Å²) in [6, 6.07) is 7.75. The molecular formula is C17H20BrNO3. The van der Waals surface area contributed by atoms with Crippen molar-refractivity contribution in [2.24, 2.45) is 5.92 Å². The highest BCUT2D eigenvalue weighted by Crippen LogP contribution is 2.49. The lowest BCUT2D eigenvalue weighted by atomic mass is 9.90. The molecule has 5 heteroatoms. The molecule has 2 aliphatic rings. The second-order valence-electron chi connectivity index (χ2n) is 6.28. The number of nitrogens with zero attached hydrogens (tertiary/aromatic N) is 1. The lowest BCUT2D eigenvalue weighted by molar-refractivity contribution is -0.145. The Balaban J connectivity index is 1.71. The molecule has 1 aliphatic heterocycles. The zero-order valence-corrected chi connectivity index (χ0v) is 14.3. The fourth-order valence-corrected chi connectivity index (χ4v) is 3.54. The monoisotopic (exact) mass is 365 g/mol. The molecule has 0 bridgehead atoms. The van der Waals surface area contributed by atoms with E-state index in [9.17, 15) is 9.59 Å². The van der Waals surface area contributed by atoms with E-state index in [2.05, 4.69) is 15.9 Å². The summed E-state index contributed by atoms with van der Waals surface area (Å²) < 4.78 is 6.13. The highest BCUT2D eigenvalue weighted by molar-refractivity contribution is 9.10. The van der Waals surface area contributed by atoms with Crippen LogP contribution < -0.4 is 0 Å². The number of Topliss-reactive ketones (excluding diaryl/α,β-unsaturated/α-hetero) is 1. The van der Waals surface area contributed by atoms with Crippen molar-refractivity contribution in [3.8, 4) is 0 Å². The number of rotatable bonds is 5. The molecule has 4 nitrogen and oxygen atoms in total. The molecule has 1 saturated carbocycles. The second-order valence-corrected chi connectivity index (χ2v) is 7.20. The van der Waals surface area contributed by atoms with Gasteiger partial charge in [0.05, 0.1) is 12.0 Å². The van der Waals surface area contributed by atoms with Crippen molar-refractivity contribution in [2.75, 3.05) is 26.8 Å². The third-order valence-corrected chi connectivity index (χ3v) is 5.28. The molecule has 3 rings (SSSR count). The van der Waals surface area contributed by atoms with Gasteiger partial charge in [0.1, 0.15) is 0 Å². The first-order valence-electron chi connectivity index (χ1n) is 7.65. The third kappa shape index (κ3) is 2.84. The van der Waals surface area contributed by atoms with Crippen LogP contribution in [0, 0.1) is 5.92 Å². The van der Waals surface area contributed by atoms with E-state index in [0.29, 0.717) is 25.6 Å². The summed E-state index contributed by atoms with van der Waals surface area (Å²) in [5.74, 6) is -0.212. The van der Waals surface area contributed by atoms with Gasteiger partial charge in [0.15, 0.2) is 0 Å². The molecule has 0 radical (unpaired) electrons. The number of hydrogen-bond acceptors (Lipinski definition) is 3. The number of benzene rings is 1. The molecule has 1 heterocycles. The SMILES string of the molecule is COCC1CCN(C(=O)C(=O)C2(c3ccc(Br)cc3)CC2)C1. The Kier molecular flexibility index (Phi) is 4.37. The maximum absolute atomic E-state index is 12.7. The number of ketones is 1. The van der Waals surface area contributed by atoms with Gasteiger partial charge in [-0.3, -0.25) is 9.59 Å². The summed E-state index contributed by atoms with van der Waals surface area (Å²) in [7, 11) is 1.67. The van der Waals surface area contributed by atoms with Crippen LogP contribution in [0.15, 0.2) is 28.7 Å². The molecule has 0 spiro atoms. The van der Waals surface area contributed by atoms with Gasteiger partial charge in [-0.25, -0.2) is 0 Å². The Labute approximate surface area is 138 Å². The van der Waals surface area contributed by atoms with E-state index >= 15 is 0 Å². The lowest BCUT2D eigenvalue weighted by Gasteiger charge is -2.20. The van der Waals surface area contributed by atoms with E-state index in [-0.39, 0.29) is 11.7 Å². The van der Waals surface area contributed by atoms with E-state index in [4.69, 9.17) is 4.74 Å². The maximum atomic E-state index is 12.7. The smallest absolute Gasteiger partial charge is 0.290 e. The zero-order valence-electron chi connectivity index (χ0n) is 12.7. The molecule has 1 aromatic rings. The van der Waals surface area contributed by atoms with Gasteiger partial charge in [0.25, 0.3) is 5.91 Å². The predicted molar refractivity (Wildman–Crippen MR) is 86.6 cm³/mol. The molecule has 22 heavy (non-hydrogen) atoms. The van der Waals surface area contributed by atoms with Gasteiger partial charge in [-0.2, -0.15) is 0 Å². The number of carbonyl (C=O) groups is 2. The number of ether oxygens (including phenoxy) is 1. The largest absolute Gasteiger partial charge is 0.384 e. The number of methoxy groups -OCH3 is 1. The highest BCUT2D eigenvalue weighted by atomic mass is 79.9. The van der Waals surface area contributed by atoms with Crippen LogP contribution in [0.1, 0.15) is 24.8 Å². The van der Waals surface area contributed by atoms with Crippen LogP contribution in [-0.2, 0) is 19.7 Å². The summed E-state index contributed by atoms with van der Waals surface area (Å²) >= 11 is 3.40. The molecule has 0 aromatic heterocycles. The van der Waals surface area contributed by atoms with Crippen molar-refractivity contribution < 1.29 is 14.3 Å². The molecule has 1 atom stereocenters. The Hall–Kier alpha value is -1.20. The quantitative estimate of drug-likeness (QED) is 0.753. The molecule has 2 fully saturated rings. The van der Waals surface area contributed by atoms with E-state index in [0.717, 1.165) is 29.3 Å².